The number of hydrogen-bond acceptors (Lipinski definition) is 3. The summed E-state index contributed by atoms with van der Waals surface area (Å²) in [6, 6.07) is 9.14. The van der Waals surface area contributed by atoms with Crippen molar-refractivity contribution in [3.05, 3.63) is 29.8 Å². The highest BCUT2D eigenvalue weighted by Gasteiger charge is 2.30. The Bertz CT molecular complexity index is 513. The molecule has 1 aliphatic heterocycles. The highest BCUT2D eigenvalue weighted by atomic mass is 16.5. The molecule has 1 aliphatic rings. The predicted molar refractivity (Wildman–Crippen MR) is 76.2 cm³/mol. The van der Waals surface area contributed by atoms with E-state index in [0.29, 0.717) is 11.3 Å². The SMILES string of the molecule is CC(C)C(Oc1ccccc1C#N)C(=O)N1CCCC1. The molecule has 0 spiro atoms. The van der Waals surface area contributed by atoms with Gasteiger partial charge in [-0.3, -0.25) is 4.79 Å². The molecule has 0 aliphatic carbocycles. The van der Waals surface area contributed by atoms with Crippen LogP contribution in [0, 0.1) is 17.2 Å². The first kappa shape index (κ1) is 14.4. The van der Waals surface area contributed by atoms with E-state index in [1.165, 1.54) is 0 Å². The first-order valence-corrected chi connectivity index (χ1v) is 7.08. The number of amides is 1. The average Bonchev–Trinajstić information content (AvgIpc) is 2.98. The highest BCUT2D eigenvalue weighted by Crippen LogP contribution is 2.22. The summed E-state index contributed by atoms with van der Waals surface area (Å²) in [5.41, 5.74) is 0.465. The number of hydrogen-bond donors (Lipinski definition) is 0. The number of para-hydroxylation sites is 1. The second-order valence-corrected chi connectivity index (χ2v) is 5.42. The van der Waals surface area contributed by atoms with Gasteiger partial charge in [0.1, 0.15) is 11.8 Å². The van der Waals surface area contributed by atoms with Gasteiger partial charge in [0.15, 0.2) is 6.10 Å². The lowest BCUT2D eigenvalue weighted by Gasteiger charge is -2.26. The van der Waals surface area contributed by atoms with Gasteiger partial charge in [0.05, 0.1) is 5.56 Å². The van der Waals surface area contributed by atoms with Crippen LogP contribution in [0.5, 0.6) is 5.75 Å². The molecular weight excluding hydrogens is 252 g/mol. The van der Waals surface area contributed by atoms with Crippen LogP contribution in [0.15, 0.2) is 24.3 Å². The highest BCUT2D eigenvalue weighted by molar-refractivity contribution is 5.81. The van der Waals surface area contributed by atoms with Crippen LogP contribution in [0.2, 0.25) is 0 Å². The average molecular weight is 272 g/mol. The van der Waals surface area contributed by atoms with Crippen LogP contribution in [-0.4, -0.2) is 30.0 Å². The minimum atomic E-state index is -0.525. The van der Waals surface area contributed by atoms with Crippen molar-refractivity contribution in [1.82, 2.24) is 4.90 Å². The lowest BCUT2D eigenvalue weighted by Crippen LogP contribution is -2.43. The molecule has 1 unspecified atom stereocenters. The molecule has 1 fully saturated rings. The molecule has 0 bridgehead atoms. The molecule has 0 aromatic heterocycles. The van der Waals surface area contributed by atoms with E-state index in [0.717, 1.165) is 25.9 Å². The molecule has 1 amide bonds. The second kappa shape index (κ2) is 6.42. The summed E-state index contributed by atoms with van der Waals surface area (Å²) >= 11 is 0. The van der Waals surface area contributed by atoms with Gasteiger partial charge in [-0.25, -0.2) is 0 Å². The van der Waals surface area contributed by atoms with E-state index in [1.807, 2.05) is 24.8 Å². The quantitative estimate of drug-likeness (QED) is 0.846. The van der Waals surface area contributed by atoms with E-state index in [4.69, 9.17) is 10.00 Å². The van der Waals surface area contributed by atoms with Crippen LogP contribution in [0.1, 0.15) is 32.3 Å². The molecule has 1 heterocycles. The topological polar surface area (TPSA) is 53.3 Å². The summed E-state index contributed by atoms with van der Waals surface area (Å²) in [6.45, 7) is 5.55. The summed E-state index contributed by atoms with van der Waals surface area (Å²) in [5.74, 6) is 0.585. The normalized spacial score (nSPS) is 16.0. The largest absolute Gasteiger partial charge is 0.479 e. The van der Waals surface area contributed by atoms with Gasteiger partial charge in [-0.2, -0.15) is 5.26 Å². The number of carbonyl (C=O) groups excluding carboxylic acids is 1. The van der Waals surface area contributed by atoms with E-state index in [9.17, 15) is 4.79 Å². The predicted octanol–water partition coefficient (Wildman–Crippen LogP) is 2.58. The van der Waals surface area contributed by atoms with Gasteiger partial charge in [0.25, 0.3) is 5.91 Å². The number of benzene rings is 1. The lowest BCUT2D eigenvalue weighted by molar-refractivity contribution is -0.139. The molecule has 0 saturated carbocycles. The Labute approximate surface area is 120 Å². The van der Waals surface area contributed by atoms with E-state index in [2.05, 4.69) is 6.07 Å². The summed E-state index contributed by atoms with van der Waals surface area (Å²) in [6.07, 6.45) is 1.60. The fourth-order valence-electron chi connectivity index (χ4n) is 2.39. The standard InChI is InChI=1S/C16H20N2O2/c1-12(2)15(16(19)18-9-5-6-10-18)20-14-8-4-3-7-13(14)11-17/h3-4,7-8,12,15H,5-6,9-10H2,1-2H3. The molecule has 1 aromatic rings. The molecule has 4 heteroatoms. The molecule has 0 radical (unpaired) electrons. The first-order valence-electron chi connectivity index (χ1n) is 7.08. The molecule has 20 heavy (non-hydrogen) atoms. The number of likely N-dealkylation sites (tertiary alicyclic amines) is 1. The molecule has 4 nitrogen and oxygen atoms in total. The fourth-order valence-corrected chi connectivity index (χ4v) is 2.39. The molecule has 1 saturated heterocycles. The minimum absolute atomic E-state index is 0.0326. The Morgan fingerprint density at radius 2 is 1.95 bits per heavy atom. The van der Waals surface area contributed by atoms with Gasteiger partial charge < -0.3 is 9.64 Å². The Hall–Kier alpha value is -2.02. The van der Waals surface area contributed by atoms with Gasteiger partial charge >= 0.3 is 0 Å². The molecule has 1 atom stereocenters. The van der Waals surface area contributed by atoms with Crippen LogP contribution < -0.4 is 4.74 Å². The van der Waals surface area contributed by atoms with Crippen molar-refractivity contribution in [3.63, 3.8) is 0 Å². The number of nitrogens with zero attached hydrogens (tertiary/aromatic N) is 2. The fraction of sp³-hybridized carbons (Fsp3) is 0.500. The van der Waals surface area contributed by atoms with Gasteiger partial charge in [-0.1, -0.05) is 26.0 Å². The maximum absolute atomic E-state index is 12.5. The van der Waals surface area contributed by atoms with E-state index >= 15 is 0 Å². The van der Waals surface area contributed by atoms with Crippen molar-refractivity contribution < 1.29 is 9.53 Å². The van der Waals surface area contributed by atoms with Crippen LogP contribution >= 0.6 is 0 Å². The summed E-state index contributed by atoms with van der Waals surface area (Å²) in [5, 5.41) is 9.09. The lowest BCUT2D eigenvalue weighted by atomic mass is 10.1. The number of carbonyl (C=O) groups is 1. The molecule has 1 aromatic carbocycles. The van der Waals surface area contributed by atoms with Gasteiger partial charge in [0, 0.05) is 13.1 Å². The van der Waals surface area contributed by atoms with Crippen LogP contribution in [0.25, 0.3) is 0 Å². The van der Waals surface area contributed by atoms with Gasteiger partial charge in [-0.05, 0) is 30.9 Å². The zero-order valence-corrected chi connectivity index (χ0v) is 12.0. The summed E-state index contributed by atoms with van der Waals surface area (Å²) < 4.78 is 5.86. The van der Waals surface area contributed by atoms with Crippen LogP contribution in [-0.2, 0) is 4.79 Å². The smallest absolute Gasteiger partial charge is 0.263 e. The van der Waals surface area contributed by atoms with E-state index < -0.39 is 6.10 Å². The minimum Gasteiger partial charge on any atom is -0.479 e. The van der Waals surface area contributed by atoms with Crippen molar-refractivity contribution in [1.29, 1.82) is 5.26 Å². The first-order chi connectivity index (χ1) is 9.63. The third-order valence-electron chi connectivity index (χ3n) is 3.53. The third-order valence-corrected chi connectivity index (χ3v) is 3.53. The molecular formula is C16H20N2O2. The van der Waals surface area contributed by atoms with Crippen molar-refractivity contribution in [2.45, 2.75) is 32.8 Å². The molecule has 106 valence electrons. The Morgan fingerprint density at radius 3 is 2.55 bits per heavy atom. The Morgan fingerprint density at radius 1 is 1.30 bits per heavy atom. The number of ether oxygens (including phenoxy) is 1. The third kappa shape index (κ3) is 3.11. The second-order valence-electron chi connectivity index (χ2n) is 5.42. The maximum Gasteiger partial charge on any atom is 0.263 e. The maximum atomic E-state index is 12.5. The van der Waals surface area contributed by atoms with Gasteiger partial charge in [0.2, 0.25) is 0 Å². The number of rotatable bonds is 4. The van der Waals surface area contributed by atoms with Crippen LogP contribution in [0.4, 0.5) is 0 Å². The molecule has 2 rings (SSSR count). The van der Waals surface area contributed by atoms with Crippen molar-refractivity contribution >= 4 is 5.91 Å². The van der Waals surface area contributed by atoms with E-state index in [-0.39, 0.29) is 11.8 Å². The Kier molecular flexibility index (Phi) is 4.62. The monoisotopic (exact) mass is 272 g/mol. The van der Waals surface area contributed by atoms with Gasteiger partial charge in [-0.15, -0.1) is 0 Å². The molecule has 0 N–H and O–H groups in total. The van der Waals surface area contributed by atoms with Crippen LogP contribution in [0.3, 0.4) is 0 Å². The zero-order valence-electron chi connectivity index (χ0n) is 12.0. The summed E-state index contributed by atoms with van der Waals surface area (Å²) in [7, 11) is 0. The Balaban J connectivity index is 2.17. The van der Waals surface area contributed by atoms with Crippen molar-refractivity contribution in [2.75, 3.05) is 13.1 Å². The van der Waals surface area contributed by atoms with Crippen molar-refractivity contribution in [2.24, 2.45) is 5.92 Å². The summed E-state index contributed by atoms with van der Waals surface area (Å²) in [4.78, 5) is 14.4. The zero-order chi connectivity index (χ0) is 14.5. The van der Waals surface area contributed by atoms with Crippen molar-refractivity contribution in [3.8, 4) is 11.8 Å². The number of nitriles is 1. The van der Waals surface area contributed by atoms with E-state index in [1.54, 1.807) is 18.2 Å².